The molecule has 6 heteroatoms. The van der Waals surface area contributed by atoms with Gasteiger partial charge >= 0.3 is 6.09 Å². The maximum absolute atomic E-state index is 12.2. The highest BCUT2D eigenvalue weighted by atomic mass is 16.6. The Bertz CT molecular complexity index is 777. The van der Waals surface area contributed by atoms with E-state index in [1.54, 1.807) is 0 Å². The second-order valence-corrected chi connectivity index (χ2v) is 7.23. The van der Waals surface area contributed by atoms with Gasteiger partial charge in [0.05, 0.1) is 0 Å². The van der Waals surface area contributed by atoms with E-state index >= 15 is 0 Å². The molecule has 0 aliphatic carbocycles. The third-order valence-corrected chi connectivity index (χ3v) is 3.66. The summed E-state index contributed by atoms with van der Waals surface area (Å²) in [6, 6.07) is 9.67. The van der Waals surface area contributed by atoms with Gasteiger partial charge in [-0.3, -0.25) is 4.79 Å². The number of nitrogens with one attached hydrogen (secondary N) is 2. The van der Waals surface area contributed by atoms with Crippen LogP contribution in [0, 0.1) is 0 Å². The number of alkyl carbamates (subject to hydrolysis) is 1. The van der Waals surface area contributed by atoms with Gasteiger partial charge in [0.15, 0.2) is 0 Å². The standard InChI is InChI=1S/C19H27N3O3/c1-19(2,3)25-18(24)20-10-7-11-22(4)13-15-12-14-8-5-6-9-16(14)21-17(15)23/h5-6,8-9,12H,7,10-11,13H2,1-4H3,(H,20,24)(H,21,23). The fourth-order valence-corrected chi connectivity index (χ4v) is 2.53. The van der Waals surface area contributed by atoms with Crippen LogP contribution in [0.4, 0.5) is 4.79 Å². The number of para-hydroxylation sites is 1. The van der Waals surface area contributed by atoms with Crippen molar-refractivity contribution in [3.05, 3.63) is 46.2 Å². The van der Waals surface area contributed by atoms with Crippen LogP contribution in [0.5, 0.6) is 0 Å². The summed E-state index contributed by atoms with van der Waals surface area (Å²) < 4.78 is 5.19. The van der Waals surface area contributed by atoms with Crippen LogP contribution in [0.3, 0.4) is 0 Å². The number of carbonyl (C=O) groups is 1. The minimum absolute atomic E-state index is 0.0579. The van der Waals surface area contributed by atoms with Crippen LogP contribution >= 0.6 is 0 Å². The molecule has 0 aliphatic rings. The molecule has 0 saturated carbocycles. The van der Waals surface area contributed by atoms with Crippen LogP contribution in [-0.4, -0.2) is 41.7 Å². The fraction of sp³-hybridized carbons (Fsp3) is 0.474. The highest BCUT2D eigenvalue weighted by Gasteiger charge is 2.15. The van der Waals surface area contributed by atoms with Crippen LogP contribution in [0.25, 0.3) is 10.9 Å². The molecule has 1 heterocycles. The number of nitrogens with zero attached hydrogens (tertiary/aromatic N) is 1. The number of hydrogen-bond acceptors (Lipinski definition) is 4. The summed E-state index contributed by atoms with van der Waals surface area (Å²) in [6.07, 6.45) is 0.377. The Kier molecular flexibility index (Phi) is 6.20. The second kappa shape index (κ2) is 8.16. The Morgan fingerprint density at radius 1 is 1.28 bits per heavy atom. The van der Waals surface area contributed by atoms with Gasteiger partial charge in [-0.15, -0.1) is 0 Å². The molecule has 0 atom stereocenters. The first kappa shape index (κ1) is 19.0. The minimum atomic E-state index is -0.488. The normalized spacial score (nSPS) is 11.7. The number of ether oxygens (including phenoxy) is 1. The van der Waals surface area contributed by atoms with Crippen molar-refractivity contribution >= 4 is 17.0 Å². The Labute approximate surface area is 148 Å². The van der Waals surface area contributed by atoms with Gasteiger partial charge < -0.3 is 19.9 Å². The Balaban J connectivity index is 1.81. The molecular formula is C19H27N3O3. The molecule has 0 unspecified atom stereocenters. The Hall–Kier alpha value is -2.34. The van der Waals surface area contributed by atoms with E-state index in [9.17, 15) is 9.59 Å². The summed E-state index contributed by atoms with van der Waals surface area (Å²) in [6.45, 7) is 7.37. The zero-order chi connectivity index (χ0) is 18.4. The summed E-state index contributed by atoms with van der Waals surface area (Å²) in [5.41, 5.74) is 1.04. The van der Waals surface area contributed by atoms with Crippen LogP contribution in [0.1, 0.15) is 32.8 Å². The first-order chi connectivity index (χ1) is 11.7. The lowest BCUT2D eigenvalue weighted by Gasteiger charge is -2.20. The first-order valence-electron chi connectivity index (χ1n) is 8.51. The van der Waals surface area contributed by atoms with Gasteiger partial charge in [-0.2, -0.15) is 0 Å². The highest BCUT2D eigenvalue weighted by molar-refractivity contribution is 5.78. The van der Waals surface area contributed by atoms with E-state index < -0.39 is 11.7 Å². The third-order valence-electron chi connectivity index (χ3n) is 3.66. The summed E-state index contributed by atoms with van der Waals surface area (Å²) in [5, 5.41) is 3.76. The van der Waals surface area contributed by atoms with Crippen LogP contribution in [0.2, 0.25) is 0 Å². The SMILES string of the molecule is CN(CCCNC(=O)OC(C)(C)C)Cc1cc2ccccc2[nH]c1=O. The zero-order valence-corrected chi connectivity index (χ0v) is 15.4. The van der Waals surface area contributed by atoms with Crippen molar-refractivity contribution < 1.29 is 9.53 Å². The van der Waals surface area contributed by atoms with Crippen molar-refractivity contribution in [1.82, 2.24) is 15.2 Å². The van der Waals surface area contributed by atoms with E-state index in [0.29, 0.717) is 13.1 Å². The monoisotopic (exact) mass is 345 g/mol. The molecule has 0 aliphatic heterocycles. The van der Waals surface area contributed by atoms with Crippen molar-refractivity contribution in [2.75, 3.05) is 20.1 Å². The van der Waals surface area contributed by atoms with Gasteiger partial charge in [0.1, 0.15) is 5.60 Å². The second-order valence-electron chi connectivity index (χ2n) is 7.23. The minimum Gasteiger partial charge on any atom is -0.444 e. The molecule has 6 nitrogen and oxygen atoms in total. The Morgan fingerprint density at radius 3 is 2.72 bits per heavy atom. The third kappa shape index (κ3) is 6.23. The van der Waals surface area contributed by atoms with Crippen molar-refractivity contribution in [3.8, 4) is 0 Å². The zero-order valence-electron chi connectivity index (χ0n) is 15.4. The molecule has 0 radical (unpaired) electrons. The van der Waals surface area contributed by atoms with E-state index in [-0.39, 0.29) is 5.56 Å². The molecule has 136 valence electrons. The first-order valence-corrected chi connectivity index (χ1v) is 8.51. The van der Waals surface area contributed by atoms with Gasteiger partial charge in [0.25, 0.3) is 5.56 Å². The van der Waals surface area contributed by atoms with Gasteiger partial charge in [-0.05, 0) is 58.3 Å². The van der Waals surface area contributed by atoms with Gasteiger partial charge in [-0.1, -0.05) is 18.2 Å². The number of aromatic nitrogens is 1. The van der Waals surface area contributed by atoms with Crippen LogP contribution < -0.4 is 10.9 Å². The molecule has 1 aromatic heterocycles. The average molecular weight is 345 g/mol. The predicted octanol–water partition coefficient (Wildman–Crippen LogP) is 2.87. The van der Waals surface area contributed by atoms with Crippen LogP contribution in [0.15, 0.2) is 35.1 Å². The predicted molar refractivity (Wildman–Crippen MR) is 99.8 cm³/mol. The summed E-state index contributed by atoms with van der Waals surface area (Å²) in [7, 11) is 1.96. The molecule has 1 aromatic carbocycles. The number of H-pyrrole nitrogens is 1. The molecule has 0 saturated heterocycles. The maximum Gasteiger partial charge on any atom is 0.407 e. The van der Waals surface area contributed by atoms with E-state index in [1.807, 2.05) is 58.2 Å². The number of fused-ring (bicyclic) bond motifs is 1. The van der Waals surface area contributed by atoms with E-state index in [4.69, 9.17) is 4.74 Å². The van der Waals surface area contributed by atoms with Gasteiger partial charge in [-0.25, -0.2) is 4.79 Å². The van der Waals surface area contributed by atoms with E-state index in [0.717, 1.165) is 29.4 Å². The molecule has 1 amide bonds. The number of amides is 1. The topological polar surface area (TPSA) is 74.4 Å². The highest BCUT2D eigenvalue weighted by Crippen LogP contribution is 2.11. The quantitative estimate of drug-likeness (QED) is 0.790. The molecule has 0 fully saturated rings. The number of rotatable bonds is 6. The lowest BCUT2D eigenvalue weighted by Crippen LogP contribution is -2.34. The van der Waals surface area contributed by atoms with Crippen LogP contribution in [-0.2, 0) is 11.3 Å². The average Bonchev–Trinajstić information content (AvgIpc) is 2.50. The fourth-order valence-electron chi connectivity index (χ4n) is 2.53. The number of carbonyl (C=O) groups excluding carboxylic acids is 1. The lowest BCUT2D eigenvalue weighted by atomic mass is 10.1. The number of hydrogen-bond donors (Lipinski definition) is 2. The number of benzene rings is 1. The Morgan fingerprint density at radius 2 is 2.00 bits per heavy atom. The summed E-state index contributed by atoms with van der Waals surface area (Å²) in [5.74, 6) is 0. The molecule has 2 N–H and O–H groups in total. The summed E-state index contributed by atoms with van der Waals surface area (Å²) >= 11 is 0. The van der Waals surface area contributed by atoms with Gasteiger partial charge in [0.2, 0.25) is 0 Å². The molecule has 2 aromatic rings. The largest absolute Gasteiger partial charge is 0.444 e. The van der Waals surface area contributed by atoms with Crippen molar-refractivity contribution in [3.63, 3.8) is 0 Å². The lowest BCUT2D eigenvalue weighted by molar-refractivity contribution is 0.0526. The van der Waals surface area contributed by atoms with Crippen molar-refractivity contribution in [2.24, 2.45) is 0 Å². The van der Waals surface area contributed by atoms with E-state index in [1.165, 1.54) is 0 Å². The molecule has 2 rings (SSSR count). The van der Waals surface area contributed by atoms with E-state index in [2.05, 4.69) is 15.2 Å². The maximum atomic E-state index is 12.2. The van der Waals surface area contributed by atoms with Gasteiger partial charge in [0, 0.05) is 24.2 Å². The molecular weight excluding hydrogens is 318 g/mol. The van der Waals surface area contributed by atoms with Crippen molar-refractivity contribution in [1.29, 1.82) is 0 Å². The molecule has 0 bridgehead atoms. The molecule has 0 spiro atoms. The smallest absolute Gasteiger partial charge is 0.407 e. The number of pyridine rings is 1. The molecule has 25 heavy (non-hydrogen) atoms. The summed E-state index contributed by atoms with van der Waals surface area (Å²) in [4.78, 5) is 28.7. The van der Waals surface area contributed by atoms with Crippen molar-refractivity contribution in [2.45, 2.75) is 39.3 Å². The number of aromatic amines is 1.